The van der Waals surface area contributed by atoms with Gasteiger partial charge in [-0.2, -0.15) is 0 Å². The molecule has 4 heteroatoms. The topological polar surface area (TPSA) is 48.4 Å². The van der Waals surface area contributed by atoms with Gasteiger partial charge in [0.05, 0.1) is 14.2 Å². The molecule has 0 aliphatic carbocycles. The molecule has 0 unspecified atom stereocenters. The number of aromatic nitrogens is 1. The zero-order valence-electron chi connectivity index (χ0n) is 10.2. The third kappa shape index (κ3) is 2.18. The highest BCUT2D eigenvalue weighted by Crippen LogP contribution is 2.32. The number of hydrogen-bond acceptors (Lipinski definition) is 4. The molecule has 0 N–H and O–H groups in total. The van der Waals surface area contributed by atoms with Crippen molar-refractivity contribution in [2.45, 2.75) is 0 Å². The van der Waals surface area contributed by atoms with Gasteiger partial charge in [-0.25, -0.2) is 0 Å². The van der Waals surface area contributed by atoms with Crippen LogP contribution in [0.1, 0.15) is 10.5 Å². The van der Waals surface area contributed by atoms with E-state index >= 15 is 0 Å². The van der Waals surface area contributed by atoms with Crippen molar-refractivity contribution in [3.05, 3.63) is 42.2 Å². The Morgan fingerprint density at radius 3 is 2.56 bits per heavy atom. The Hall–Kier alpha value is -2.36. The first-order chi connectivity index (χ1) is 8.80. The second-order valence-corrected chi connectivity index (χ2v) is 3.62. The molecular weight excluding hydrogens is 230 g/mol. The first kappa shape index (κ1) is 12.1. The molecule has 0 saturated heterocycles. The van der Waals surface area contributed by atoms with Gasteiger partial charge in [-0.15, -0.1) is 0 Å². The second kappa shape index (κ2) is 5.31. The van der Waals surface area contributed by atoms with Gasteiger partial charge in [-0.05, 0) is 23.8 Å². The molecule has 0 aliphatic rings. The van der Waals surface area contributed by atoms with Gasteiger partial charge in [-0.1, -0.05) is 12.1 Å². The highest BCUT2D eigenvalue weighted by Gasteiger charge is 2.09. The first-order valence-electron chi connectivity index (χ1n) is 5.42. The van der Waals surface area contributed by atoms with Crippen LogP contribution in [-0.2, 0) is 0 Å². The predicted octanol–water partition coefficient (Wildman–Crippen LogP) is 2.58. The lowest BCUT2D eigenvalue weighted by atomic mass is 10.0. The van der Waals surface area contributed by atoms with E-state index in [9.17, 15) is 4.79 Å². The summed E-state index contributed by atoms with van der Waals surface area (Å²) in [6.07, 6.45) is 2.33. The third-order valence-electron chi connectivity index (χ3n) is 2.64. The largest absolute Gasteiger partial charge is 0.493 e. The summed E-state index contributed by atoms with van der Waals surface area (Å²) in [4.78, 5) is 15.0. The van der Waals surface area contributed by atoms with Crippen LogP contribution in [0.2, 0.25) is 0 Å². The molecule has 0 bridgehead atoms. The van der Waals surface area contributed by atoms with Crippen molar-refractivity contribution in [2.75, 3.05) is 14.2 Å². The van der Waals surface area contributed by atoms with Crippen molar-refractivity contribution < 1.29 is 14.3 Å². The fourth-order valence-electron chi connectivity index (χ4n) is 1.76. The number of ether oxygens (including phenoxy) is 2. The average Bonchev–Trinajstić information content (AvgIpc) is 2.46. The van der Waals surface area contributed by atoms with E-state index in [0.29, 0.717) is 17.2 Å². The fourth-order valence-corrected chi connectivity index (χ4v) is 1.76. The van der Waals surface area contributed by atoms with E-state index in [1.54, 1.807) is 32.5 Å². The van der Waals surface area contributed by atoms with Crippen LogP contribution in [0.3, 0.4) is 0 Å². The van der Waals surface area contributed by atoms with Gasteiger partial charge >= 0.3 is 0 Å². The summed E-state index contributed by atoms with van der Waals surface area (Å²) >= 11 is 0. The predicted molar refractivity (Wildman–Crippen MR) is 68.2 cm³/mol. The molecule has 0 aliphatic heterocycles. The van der Waals surface area contributed by atoms with Crippen molar-refractivity contribution >= 4 is 6.29 Å². The molecule has 0 amide bonds. The fraction of sp³-hybridized carbons (Fsp3) is 0.143. The maximum absolute atomic E-state index is 11.0. The van der Waals surface area contributed by atoms with Crippen molar-refractivity contribution in [1.29, 1.82) is 0 Å². The molecule has 0 saturated carbocycles. The number of pyridine rings is 1. The van der Waals surface area contributed by atoms with E-state index in [-0.39, 0.29) is 0 Å². The highest BCUT2D eigenvalue weighted by atomic mass is 16.5. The summed E-state index contributed by atoms with van der Waals surface area (Å²) in [5.41, 5.74) is 2.04. The minimum atomic E-state index is 0.407. The molecule has 4 nitrogen and oxygen atoms in total. The van der Waals surface area contributed by atoms with E-state index in [1.807, 2.05) is 18.2 Å². The van der Waals surface area contributed by atoms with Gasteiger partial charge < -0.3 is 9.47 Å². The van der Waals surface area contributed by atoms with Crippen molar-refractivity contribution in [3.63, 3.8) is 0 Å². The van der Waals surface area contributed by atoms with Gasteiger partial charge in [0, 0.05) is 11.8 Å². The molecule has 0 radical (unpaired) electrons. The molecule has 1 aromatic carbocycles. The minimum Gasteiger partial charge on any atom is -0.493 e. The van der Waals surface area contributed by atoms with Gasteiger partial charge in [0.25, 0.3) is 0 Å². The van der Waals surface area contributed by atoms with Crippen LogP contribution in [0.5, 0.6) is 11.5 Å². The van der Waals surface area contributed by atoms with Crippen molar-refractivity contribution in [3.8, 4) is 22.6 Å². The number of benzene rings is 1. The van der Waals surface area contributed by atoms with E-state index < -0.39 is 0 Å². The molecule has 92 valence electrons. The molecule has 1 aromatic heterocycles. The Labute approximate surface area is 105 Å². The summed E-state index contributed by atoms with van der Waals surface area (Å²) in [5.74, 6) is 1.27. The second-order valence-electron chi connectivity index (χ2n) is 3.62. The lowest BCUT2D eigenvalue weighted by molar-refractivity contribution is 0.111. The number of rotatable bonds is 4. The normalized spacial score (nSPS) is 9.89. The molecule has 0 fully saturated rings. The SMILES string of the molecule is COc1ccc(-c2cccnc2C=O)cc1OC. The van der Waals surface area contributed by atoms with E-state index in [0.717, 1.165) is 17.4 Å². The quantitative estimate of drug-likeness (QED) is 0.774. The average molecular weight is 243 g/mol. The van der Waals surface area contributed by atoms with Gasteiger partial charge in [0.2, 0.25) is 0 Å². The Morgan fingerprint density at radius 2 is 1.89 bits per heavy atom. The number of carbonyl (C=O) groups is 1. The zero-order chi connectivity index (χ0) is 13.0. The van der Waals surface area contributed by atoms with Gasteiger partial charge in [-0.3, -0.25) is 9.78 Å². The van der Waals surface area contributed by atoms with Crippen LogP contribution in [0.15, 0.2) is 36.5 Å². The van der Waals surface area contributed by atoms with E-state index in [1.165, 1.54) is 0 Å². The number of hydrogen-bond donors (Lipinski definition) is 0. The van der Waals surface area contributed by atoms with Gasteiger partial charge in [0.15, 0.2) is 17.8 Å². The Balaban J connectivity index is 2.54. The Bertz CT molecular complexity index is 567. The Kier molecular flexibility index (Phi) is 3.57. The minimum absolute atomic E-state index is 0.407. The summed E-state index contributed by atoms with van der Waals surface area (Å²) in [6.45, 7) is 0. The van der Waals surface area contributed by atoms with E-state index in [2.05, 4.69) is 4.98 Å². The summed E-state index contributed by atoms with van der Waals surface area (Å²) in [7, 11) is 3.16. The van der Waals surface area contributed by atoms with Crippen LogP contribution in [0, 0.1) is 0 Å². The maximum Gasteiger partial charge on any atom is 0.169 e. The number of carbonyl (C=O) groups excluding carboxylic acids is 1. The Morgan fingerprint density at radius 1 is 1.11 bits per heavy atom. The van der Waals surface area contributed by atoms with Crippen molar-refractivity contribution in [1.82, 2.24) is 4.98 Å². The monoisotopic (exact) mass is 243 g/mol. The maximum atomic E-state index is 11.0. The first-order valence-corrected chi connectivity index (χ1v) is 5.42. The zero-order valence-corrected chi connectivity index (χ0v) is 10.2. The standard InChI is InChI=1S/C14H13NO3/c1-17-13-6-5-10(8-14(13)18-2)11-4-3-7-15-12(11)9-16/h3-9H,1-2H3. The van der Waals surface area contributed by atoms with E-state index in [4.69, 9.17) is 9.47 Å². The molecule has 0 atom stereocenters. The lowest BCUT2D eigenvalue weighted by Gasteiger charge is -2.10. The van der Waals surface area contributed by atoms with Crippen LogP contribution in [-0.4, -0.2) is 25.5 Å². The smallest absolute Gasteiger partial charge is 0.169 e. The number of methoxy groups -OCH3 is 2. The molecule has 2 aromatic rings. The van der Waals surface area contributed by atoms with Crippen molar-refractivity contribution in [2.24, 2.45) is 0 Å². The highest BCUT2D eigenvalue weighted by molar-refractivity contribution is 5.85. The lowest BCUT2D eigenvalue weighted by Crippen LogP contribution is -1.94. The van der Waals surface area contributed by atoms with Crippen LogP contribution in [0.25, 0.3) is 11.1 Å². The summed E-state index contributed by atoms with van der Waals surface area (Å²) in [5, 5.41) is 0. The molecule has 1 heterocycles. The van der Waals surface area contributed by atoms with Crippen LogP contribution in [0.4, 0.5) is 0 Å². The van der Waals surface area contributed by atoms with Gasteiger partial charge in [0.1, 0.15) is 5.69 Å². The third-order valence-corrected chi connectivity index (χ3v) is 2.64. The molecule has 18 heavy (non-hydrogen) atoms. The summed E-state index contributed by atoms with van der Waals surface area (Å²) in [6, 6.07) is 9.13. The molecule has 0 spiro atoms. The van der Waals surface area contributed by atoms with Crippen LogP contribution < -0.4 is 9.47 Å². The summed E-state index contributed by atoms with van der Waals surface area (Å²) < 4.78 is 10.4. The number of aldehydes is 1. The molecular formula is C14H13NO3. The molecule has 2 rings (SSSR count). The van der Waals surface area contributed by atoms with Crippen LogP contribution >= 0.6 is 0 Å². The number of nitrogens with zero attached hydrogens (tertiary/aromatic N) is 1.